The second-order valence-electron chi connectivity index (χ2n) is 3.54. The topological polar surface area (TPSA) is 88.2 Å². The van der Waals surface area contributed by atoms with Gasteiger partial charge in [0, 0.05) is 0 Å². The Balaban J connectivity index is 2.72. The lowest BCUT2D eigenvalue weighted by atomic mass is 10.1. The van der Waals surface area contributed by atoms with Gasteiger partial charge in [0.05, 0.1) is 18.2 Å². The number of benzene rings is 1. The predicted molar refractivity (Wildman–Crippen MR) is 56.3 cm³/mol. The summed E-state index contributed by atoms with van der Waals surface area (Å²) in [6.45, 7) is 1.62. The number of carboxylic acid groups (broad SMARTS) is 1. The van der Waals surface area contributed by atoms with Gasteiger partial charge in [-0.25, -0.2) is 9.48 Å². The predicted octanol–water partition coefficient (Wildman–Crippen LogP) is 0.683. The van der Waals surface area contributed by atoms with E-state index in [0.717, 1.165) is 0 Å². The molecule has 2 N–H and O–H groups in total. The zero-order chi connectivity index (χ0) is 11.7. The average Bonchev–Trinajstić information content (AvgIpc) is 2.71. The molecule has 0 fully saturated rings. The van der Waals surface area contributed by atoms with Crippen molar-refractivity contribution in [3.8, 4) is 0 Å². The Bertz CT molecular complexity index is 535. The minimum atomic E-state index is -1.03. The zero-order valence-electron chi connectivity index (χ0n) is 8.66. The molecule has 0 bridgehead atoms. The normalized spacial score (nSPS) is 12.9. The van der Waals surface area contributed by atoms with E-state index >= 15 is 0 Å². The van der Waals surface area contributed by atoms with Crippen LogP contribution in [0.3, 0.4) is 0 Å². The third kappa shape index (κ3) is 1.53. The quantitative estimate of drug-likeness (QED) is 0.795. The molecule has 0 aliphatic rings. The number of para-hydroxylation sites is 1. The molecule has 1 heterocycles. The molecule has 0 amide bonds. The van der Waals surface area contributed by atoms with Crippen LogP contribution in [0.5, 0.6) is 0 Å². The summed E-state index contributed by atoms with van der Waals surface area (Å²) < 4.78 is 1.43. The highest BCUT2D eigenvalue weighted by molar-refractivity contribution is 6.00. The van der Waals surface area contributed by atoms with E-state index < -0.39 is 5.97 Å². The van der Waals surface area contributed by atoms with Crippen LogP contribution in [0.15, 0.2) is 18.2 Å². The average molecular weight is 221 g/mol. The van der Waals surface area contributed by atoms with Crippen LogP contribution < -0.4 is 0 Å². The highest BCUT2D eigenvalue weighted by Crippen LogP contribution is 2.19. The summed E-state index contributed by atoms with van der Waals surface area (Å²) in [5.41, 5.74) is 1.10. The lowest BCUT2D eigenvalue weighted by Crippen LogP contribution is -2.13. The molecule has 2 rings (SSSR count). The first kappa shape index (κ1) is 10.6. The first-order valence-corrected chi connectivity index (χ1v) is 4.83. The molecule has 0 radical (unpaired) electrons. The van der Waals surface area contributed by atoms with Gasteiger partial charge in [0.1, 0.15) is 11.0 Å². The minimum absolute atomic E-state index is 0.119. The van der Waals surface area contributed by atoms with Gasteiger partial charge >= 0.3 is 5.97 Å². The van der Waals surface area contributed by atoms with Crippen LogP contribution in [0, 0.1) is 0 Å². The Hall–Kier alpha value is -1.95. The van der Waals surface area contributed by atoms with Gasteiger partial charge in [0.15, 0.2) is 0 Å². The number of aliphatic hydroxyl groups is 1. The lowest BCUT2D eigenvalue weighted by Gasteiger charge is -2.09. The van der Waals surface area contributed by atoms with E-state index in [1.165, 1.54) is 10.7 Å². The Morgan fingerprint density at radius 3 is 2.94 bits per heavy atom. The molecule has 1 unspecified atom stereocenters. The maximum Gasteiger partial charge on any atom is 0.337 e. The maximum absolute atomic E-state index is 11.0. The highest BCUT2D eigenvalue weighted by Gasteiger charge is 2.17. The van der Waals surface area contributed by atoms with Crippen molar-refractivity contribution < 1.29 is 15.0 Å². The maximum atomic E-state index is 11.0. The smallest absolute Gasteiger partial charge is 0.337 e. The van der Waals surface area contributed by atoms with Crippen molar-refractivity contribution in [2.45, 2.75) is 13.0 Å². The second-order valence-corrected chi connectivity index (χ2v) is 3.54. The van der Waals surface area contributed by atoms with Crippen LogP contribution in [0.25, 0.3) is 11.0 Å². The number of hydrogen-bond acceptors (Lipinski definition) is 4. The van der Waals surface area contributed by atoms with Gasteiger partial charge in [0.25, 0.3) is 0 Å². The first-order valence-electron chi connectivity index (χ1n) is 4.83. The van der Waals surface area contributed by atoms with Crippen molar-refractivity contribution in [2.75, 3.05) is 6.61 Å². The summed E-state index contributed by atoms with van der Waals surface area (Å²) in [4.78, 5) is 11.0. The minimum Gasteiger partial charge on any atom is -0.478 e. The van der Waals surface area contributed by atoms with E-state index in [1.54, 1.807) is 19.1 Å². The Kier molecular flexibility index (Phi) is 2.57. The van der Waals surface area contributed by atoms with Crippen LogP contribution in [0.2, 0.25) is 0 Å². The van der Waals surface area contributed by atoms with Crippen LogP contribution in [0.1, 0.15) is 23.3 Å². The molecule has 0 saturated heterocycles. The molecule has 0 saturated carbocycles. The number of carbonyl (C=O) groups is 1. The molecular weight excluding hydrogens is 210 g/mol. The van der Waals surface area contributed by atoms with Gasteiger partial charge in [-0.3, -0.25) is 0 Å². The van der Waals surface area contributed by atoms with E-state index in [0.29, 0.717) is 11.0 Å². The van der Waals surface area contributed by atoms with Gasteiger partial charge in [-0.1, -0.05) is 11.3 Å². The van der Waals surface area contributed by atoms with Gasteiger partial charge in [-0.15, -0.1) is 5.10 Å². The number of nitrogens with zero attached hydrogens (tertiary/aromatic N) is 3. The van der Waals surface area contributed by atoms with Crippen molar-refractivity contribution in [1.29, 1.82) is 0 Å². The molecule has 6 nitrogen and oxygen atoms in total. The number of fused-ring (bicyclic) bond motifs is 1. The molecule has 16 heavy (non-hydrogen) atoms. The van der Waals surface area contributed by atoms with E-state index in [9.17, 15) is 4.79 Å². The van der Waals surface area contributed by atoms with E-state index in [-0.39, 0.29) is 18.2 Å². The molecular formula is C10H11N3O3. The largest absolute Gasteiger partial charge is 0.478 e. The molecule has 84 valence electrons. The summed E-state index contributed by atoms with van der Waals surface area (Å²) in [6, 6.07) is 4.50. The van der Waals surface area contributed by atoms with Crippen molar-refractivity contribution in [2.24, 2.45) is 0 Å². The molecule has 0 aliphatic heterocycles. The summed E-state index contributed by atoms with van der Waals surface area (Å²) in [5.74, 6) is -1.03. The van der Waals surface area contributed by atoms with Crippen molar-refractivity contribution >= 4 is 17.0 Å². The molecule has 0 aliphatic carbocycles. The van der Waals surface area contributed by atoms with Gasteiger partial charge in [0.2, 0.25) is 0 Å². The van der Waals surface area contributed by atoms with Crippen LogP contribution >= 0.6 is 0 Å². The van der Waals surface area contributed by atoms with Gasteiger partial charge < -0.3 is 10.2 Å². The van der Waals surface area contributed by atoms with Crippen molar-refractivity contribution in [3.63, 3.8) is 0 Å². The third-order valence-electron chi connectivity index (χ3n) is 2.40. The Morgan fingerprint density at radius 1 is 1.56 bits per heavy atom. The van der Waals surface area contributed by atoms with E-state index in [4.69, 9.17) is 10.2 Å². The first-order chi connectivity index (χ1) is 7.65. The highest BCUT2D eigenvalue weighted by atomic mass is 16.4. The van der Waals surface area contributed by atoms with Crippen LogP contribution in [-0.4, -0.2) is 37.8 Å². The van der Waals surface area contributed by atoms with E-state index in [2.05, 4.69) is 10.3 Å². The summed E-state index contributed by atoms with van der Waals surface area (Å²) in [7, 11) is 0. The summed E-state index contributed by atoms with van der Waals surface area (Å²) >= 11 is 0. The summed E-state index contributed by atoms with van der Waals surface area (Å²) in [5, 5.41) is 25.8. The molecule has 6 heteroatoms. The molecule has 2 aromatic rings. The second kappa shape index (κ2) is 3.90. The number of aliphatic hydroxyl groups excluding tert-OH is 1. The van der Waals surface area contributed by atoms with Gasteiger partial charge in [-0.2, -0.15) is 0 Å². The number of carboxylic acids is 1. The molecule has 1 atom stereocenters. The molecule has 1 aromatic carbocycles. The van der Waals surface area contributed by atoms with Crippen LogP contribution in [-0.2, 0) is 0 Å². The fraction of sp³-hybridized carbons (Fsp3) is 0.300. The number of aromatic nitrogens is 3. The zero-order valence-corrected chi connectivity index (χ0v) is 8.66. The van der Waals surface area contributed by atoms with E-state index in [1.807, 2.05) is 0 Å². The van der Waals surface area contributed by atoms with Crippen molar-refractivity contribution in [1.82, 2.24) is 15.0 Å². The SMILES string of the molecule is CC(CO)n1nnc2cccc(C(=O)O)c21. The molecule has 0 spiro atoms. The number of rotatable bonds is 3. The fourth-order valence-corrected chi connectivity index (χ4v) is 1.55. The Labute approximate surface area is 91.1 Å². The number of hydrogen-bond donors (Lipinski definition) is 2. The monoisotopic (exact) mass is 221 g/mol. The third-order valence-corrected chi connectivity index (χ3v) is 2.40. The van der Waals surface area contributed by atoms with Crippen molar-refractivity contribution in [3.05, 3.63) is 23.8 Å². The fourth-order valence-electron chi connectivity index (χ4n) is 1.55. The molecule has 1 aromatic heterocycles. The number of aromatic carboxylic acids is 1. The Morgan fingerprint density at radius 2 is 2.31 bits per heavy atom. The summed E-state index contributed by atoms with van der Waals surface area (Å²) in [6.07, 6.45) is 0. The standard InChI is InChI=1S/C10H11N3O3/c1-6(5-14)13-9-7(10(15)16)3-2-4-8(9)11-12-13/h2-4,6,14H,5H2,1H3,(H,15,16). The van der Waals surface area contributed by atoms with Gasteiger partial charge in [-0.05, 0) is 19.1 Å². The lowest BCUT2D eigenvalue weighted by molar-refractivity contribution is 0.0698. The van der Waals surface area contributed by atoms with Crippen LogP contribution in [0.4, 0.5) is 0 Å².